The second-order valence-electron chi connectivity index (χ2n) is 3.50. The smallest absolute Gasteiger partial charge is 0.336 e. The molecule has 0 fully saturated rings. The van der Waals surface area contributed by atoms with Gasteiger partial charge in [0.2, 0.25) is 0 Å². The lowest BCUT2D eigenvalue weighted by atomic mass is 10.1. The second kappa shape index (κ2) is 3.75. The summed E-state index contributed by atoms with van der Waals surface area (Å²) >= 11 is 0. The molecule has 5 nitrogen and oxygen atoms in total. The SMILES string of the molecule is Cc1cc(=O)oc2cc(O)c(S(=O)(=O)Cl)cc12. The highest BCUT2D eigenvalue weighted by Gasteiger charge is 2.18. The summed E-state index contributed by atoms with van der Waals surface area (Å²) in [7, 11) is 1.12. The molecule has 0 saturated heterocycles. The van der Waals surface area contributed by atoms with Crippen molar-refractivity contribution in [2.24, 2.45) is 0 Å². The van der Waals surface area contributed by atoms with Gasteiger partial charge in [-0.25, -0.2) is 13.2 Å². The molecule has 0 aliphatic carbocycles. The summed E-state index contributed by atoms with van der Waals surface area (Å²) in [5.74, 6) is -0.554. The third-order valence-electron chi connectivity index (χ3n) is 2.29. The molecule has 17 heavy (non-hydrogen) atoms. The summed E-state index contributed by atoms with van der Waals surface area (Å²) < 4.78 is 27.2. The molecular weight excluding hydrogens is 268 g/mol. The van der Waals surface area contributed by atoms with Crippen LogP contribution in [-0.2, 0) is 9.05 Å². The van der Waals surface area contributed by atoms with Crippen LogP contribution in [0.1, 0.15) is 5.56 Å². The average molecular weight is 275 g/mol. The Morgan fingerprint density at radius 1 is 1.29 bits per heavy atom. The molecule has 1 heterocycles. The maximum atomic E-state index is 11.2. The van der Waals surface area contributed by atoms with Gasteiger partial charge in [-0.1, -0.05) is 0 Å². The molecule has 1 aromatic heterocycles. The number of aromatic hydroxyl groups is 1. The Morgan fingerprint density at radius 3 is 2.53 bits per heavy atom. The molecule has 2 rings (SSSR count). The van der Waals surface area contributed by atoms with Gasteiger partial charge in [-0.15, -0.1) is 0 Å². The molecule has 90 valence electrons. The molecule has 2 aromatic rings. The van der Waals surface area contributed by atoms with E-state index in [9.17, 15) is 18.3 Å². The summed E-state index contributed by atoms with van der Waals surface area (Å²) in [4.78, 5) is 10.7. The van der Waals surface area contributed by atoms with Crippen LogP contribution in [0.25, 0.3) is 11.0 Å². The molecule has 7 heteroatoms. The minimum Gasteiger partial charge on any atom is -0.506 e. The monoisotopic (exact) mass is 274 g/mol. The van der Waals surface area contributed by atoms with E-state index in [0.29, 0.717) is 10.9 Å². The predicted molar refractivity (Wildman–Crippen MR) is 61.9 cm³/mol. The second-order valence-corrected chi connectivity index (χ2v) is 6.04. The fourth-order valence-corrected chi connectivity index (χ4v) is 2.47. The van der Waals surface area contributed by atoms with Crippen molar-refractivity contribution in [2.45, 2.75) is 11.8 Å². The van der Waals surface area contributed by atoms with Crippen molar-refractivity contribution in [3.8, 4) is 5.75 Å². The van der Waals surface area contributed by atoms with E-state index in [1.807, 2.05) is 0 Å². The molecule has 0 atom stereocenters. The molecule has 0 aliphatic rings. The number of halogens is 1. The van der Waals surface area contributed by atoms with Gasteiger partial charge in [0.15, 0.2) is 0 Å². The predicted octanol–water partition coefficient (Wildman–Crippen LogP) is 1.73. The first-order valence-electron chi connectivity index (χ1n) is 4.51. The van der Waals surface area contributed by atoms with Crippen LogP contribution in [0.5, 0.6) is 5.75 Å². The van der Waals surface area contributed by atoms with Crippen molar-refractivity contribution in [3.63, 3.8) is 0 Å². The molecule has 0 saturated carbocycles. The number of aryl methyl sites for hydroxylation is 1. The van der Waals surface area contributed by atoms with E-state index < -0.39 is 25.3 Å². The Hall–Kier alpha value is -1.53. The van der Waals surface area contributed by atoms with Gasteiger partial charge in [0.1, 0.15) is 16.2 Å². The lowest BCUT2D eigenvalue weighted by Gasteiger charge is -2.04. The summed E-state index contributed by atoms with van der Waals surface area (Å²) in [6, 6.07) is 3.45. The Balaban J connectivity index is 2.96. The first kappa shape index (κ1) is 11.9. The average Bonchev–Trinajstić information content (AvgIpc) is 2.13. The lowest BCUT2D eigenvalue weighted by Crippen LogP contribution is -1.99. The molecule has 1 aromatic carbocycles. The molecule has 0 spiro atoms. The van der Waals surface area contributed by atoms with Gasteiger partial charge >= 0.3 is 5.63 Å². The van der Waals surface area contributed by atoms with E-state index >= 15 is 0 Å². The minimum atomic E-state index is -4.05. The Kier molecular flexibility index (Phi) is 2.63. The van der Waals surface area contributed by atoms with Crippen molar-refractivity contribution in [1.29, 1.82) is 0 Å². The van der Waals surface area contributed by atoms with Crippen molar-refractivity contribution in [3.05, 3.63) is 34.2 Å². The van der Waals surface area contributed by atoms with Crippen LogP contribution in [0.4, 0.5) is 0 Å². The Bertz CT molecular complexity index is 760. The van der Waals surface area contributed by atoms with E-state index in [1.54, 1.807) is 6.92 Å². The van der Waals surface area contributed by atoms with Crippen molar-refractivity contribution in [2.75, 3.05) is 0 Å². The molecule has 1 N–H and O–H groups in total. The highest BCUT2D eigenvalue weighted by molar-refractivity contribution is 8.13. The zero-order valence-electron chi connectivity index (χ0n) is 8.60. The largest absolute Gasteiger partial charge is 0.506 e. The quantitative estimate of drug-likeness (QED) is 0.632. The Morgan fingerprint density at radius 2 is 1.94 bits per heavy atom. The first-order valence-corrected chi connectivity index (χ1v) is 6.82. The molecule has 0 amide bonds. The van der Waals surface area contributed by atoms with E-state index in [-0.39, 0.29) is 5.58 Å². The number of hydrogen-bond acceptors (Lipinski definition) is 5. The molecule has 0 radical (unpaired) electrons. The fourth-order valence-electron chi connectivity index (χ4n) is 1.53. The standard InChI is InChI=1S/C10H7ClO5S/c1-5-2-10(13)16-8-4-7(12)9(3-6(5)8)17(11,14)15/h2-4,12H,1H3. The third-order valence-corrected chi connectivity index (χ3v) is 3.64. The minimum absolute atomic E-state index is 0.108. The van der Waals surface area contributed by atoms with Gasteiger partial charge in [0.05, 0.1) is 0 Å². The Labute approximate surface area is 101 Å². The van der Waals surface area contributed by atoms with Crippen LogP contribution < -0.4 is 5.63 Å². The normalized spacial score (nSPS) is 11.9. The van der Waals surface area contributed by atoms with Gasteiger partial charge < -0.3 is 9.52 Å². The summed E-state index contributed by atoms with van der Waals surface area (Å²) in [6.45, 7) is 1.63. The molecule has 0 unspecified atom stereocenters. The van der Waals surface area contributed by atoms with Crippen LogP contribution in [0, 0.1) is 6.92 Å². The van der Waals surface area contributed by atoms with E-state index in [1.165, 1.54) is 12.1 Å². The molecular formula is C10H7ClO5S. The molecule has 0 bridgehead atoms. The number of phenolic OH excluding ortho intramolecular Hbond substituents is 1. The van der Waals surface area contributed by atoms with Gasteiger partial charge in [-0.3, -0.25) is 0 Å². The number of hydrogen-bond donors (Lipinski definition) is 1. The van der Waals surface area contributed by atoms with E-state index in [0.717, 1.165) is 6.07 Å². The van der Waals surface area contributed by atoms with Crippen molar-refractivity contribution >= 4 is 30.7 Å². The zero-order chi connectivity index (χ0) is 12.8. The fraction of sp³-hybridized carbons (Fsp3) is 0.100. The summed E-state index contributed by atoms with van der Waals surface area (Å²) in [6.07, 6.45) is 0. The van der Waals surface area contributed by atoms with Crippen molar-refractivity contribution in [1.82, 2.24) is 0 Å². The third kappa shape index (κ3) is 2.13. The zero-order valence-corrected chi connectivity index (χ0v) is 10.2. The highest BCUT2D eigenvalue weighted by atomic mass is 35.7. The van der Waals surface area contributed by atoms with Gasteiger partial charge in [-0.2, -0.15) is 0 Å². The van der Waals surface area contributed by atoms with Gasteiger partial charge in [0, 0.05) is 28.2 Å². The number of phenols is 1. The van der Waals surface area contributed by atoms with Gasteiger partial charge in [0.25, 0.3) is 9.05 Å². The lowest BCUT2D eigenvalue weighted by molar-refractivity contribution is 0.458. The highest BCUT2D eigenvalue weighted by Crippen LogP contribution is 2.31. The first-order chi connectivity index (χ1) is 7.79. The van der Waals surface area contributed by atoms with Crippen molar-refractivity contribution < 1.29 is 17.9 Å². The van der Waals surface area contributed by atoms with E-state index in [4.69, 9.17) is 15.1 Å². The van der Waals surface area contributed by atoms with Gasteiger partial charge in [-0.05, 0) is 18.6 Å². The maximum Gasteiger partial charge on any atom is 0.336 e. The van der Waals surface area contributed by atoms with Crippen LogP contribution in [-0.4, -0.2) is 13.5 Å². The van der Waals surface area contributed by atoms with Crippen LogP contribution in [0.2, 0.25) is 0 Å². The number of rotatable bonds is 1. The number of fused-ring (bicyclic) bond motifs is 1. The van der Waals surface area contributed by atoms with Crippen LogP contribution >= 0.6 is 10.7 Å². The van der Waals surface area contributed by atoms with Crippen LogP contribution in [0.3, 0.4) is 0 Å². The summed E-state index contributed by atoms with van der Waals surface area (Å²) in [5.41, 5.74) is 0.0743. The van der Waals surface area contributed by atoms with E-state index in [2.05, 4.69) is 0 Å². The van der Waals surface area contributed by atoms with Crippen LogP contribution in [0.15, 0.2) is 32.3 Å². The maximum absolute atomic E-state index is 11.2. The topological polar surface area (TPSA) is 84.6 Å². The summed E-state index contributed by atoms with van der Waals surface area (Å²) in [5, 5.41) is 9.90. The molecule has 0 aliphatic heterocycles. The number of benzene rings is 1.